The summed E-state index contributed by atoms with van der Waals surface area (Å²) in [6.07, 6.45) is 2.28. The minimum absolute atomic E-state index is 0.0826. The van der Waals surface area contributed by atoms with E-state index < -0.39 is 32.5 Å². The van der Waals surface area contributed by atoms with E-state index in [1.807, 2.05) is 13.8 Å². The van der Waals surface area contributed by atoms with E-state index in [1.54, 1.807) is 0 Å². The molecule has 0 atom stereocenters. The molecule has 0 radical (unpaired) electrons. The van der Waals surface area contributed by atoms with Gasteiger partial charge in [-0.05, 0) is 0 Å². The maximum atomic E-state index is 14.0. The van der Waals surface area contributed by atoms with E-state index in [1.165, 1.54) is 0 Å². The van der Waals surface area contributed by atoms with E-state index in [2.05, 4.69) is 0 Å². The van der Waals surface area contributed by atoms with Gasteiger partial charge in [-0.25, -0.2) is 0 Å². The zero-order chi connectivity index (χ0) is 17.5. The van der Waals surface area contributed by atoms with Gasteiger partial charge in [-0.3, -0.25) is 0 Å². The molecule has 0 bridgehead atoms. The van der Waals surface area contributed by atoms with Crippen molar-refractivity contribution in [1.29, 1.82) is 0 Å². The SMILES string of the molecule is CC1CC[CH]([Co]([CH]2CCC(C)CC2)([C](F)(F)F)[C](F)(F)F)CC1. The van der Waals surface area contributed by atoms with Crippen LogP contribution in [-0.4, -0.2) is 10.2 Å². The summed E-state index contributed by atoms with van der Waals surface area (Å²) in [5.41, 5.74) is 0. The second-order valence-corrected chi connectivity index (χ2v) is 11.7. The average Bonchev–Trinajstić information content (AvgIpc) is 2.40. The summed E-state index contributed by atoms with van der Waals surface area (Å²) in [6.45, 7) is 3.83. The van der Waals surface area contributed by atoms with Gasteiger partial charge in [-0.2, -0.15) is 0 Å². The third-order valence-corrected chi connectivity index (χ3v) is 11.2. The van der Waals surface area contributed by atoms with Gasteiger partial charge in [0.15, 0.2) is 0 Å². The fourth-order valence-corrected chi connectivity index (χ4v) is 9.51. The molecule has 0 aliphatic heterocycles. The number of hydrogen-bond acceptors (Lipinski definition) is 0. The quantitative estimate of drug-likeness (QED) is 0.438. The standard InChI is InChI=1S/2C7H13.2CF3.Co/c2*1-7-5-3-2-4-6-7;2*2-1(3)4;/h2*2,7H,3-6H2,1H3;;;. The Bertz CT molecular complexity index is 348. The van der Waals surface area contributed by atoms with Crippen LogP contribution < -0.4 is 0 Å². The Morgan fingerprint density at radius 2 is 0.826 bits per heavy atom. The van der Waals surface area contributed by atoms with E-state index in [-0.39, 0.29) is 37.5 Å². The predicted octanol–water partition coefficient (Wildman–Crippen LogP) is 7.18. The van der Waals surface area contributed by atoms with Gasteiger partial charge in [-0.15, -0.1) is 0 Å². The predicted molar refractivity (Wildman–Crippen MR) is 74.9 cm³/mol. The van der Waals surface area contributed by atoms with Crippen molar-refractivity contribution in [1.82, 2.24) is 0 Å². The molecule has 7 heteroatoms. The van der Waals surface area contributed by atoms with Crippen LogP contribution in [0.2, 0.25) is 9.70 Å². The Labute approximate surface area is 136 Å². The van der Waals surface area contributed by atoms with Crippen molar-refractivity contribution < 1.29 is 39.0 Å². The van der Waals surface area contributed by atoms with Gasteiger partial charge in [0, 0.05) is 0 Å². The molecule has 0 N–H and O–H groups in total. The summed E-state index contributed by atoms with van der Waals surface area (Å²) in [5.74, 6) is 0.474. The monoisotopic (exact) mass is 391 g/mol. The Hall–Kier alpha value is 0.0865. The van der Waals surface area contributed by atoms with E-state index in [0.29, 0.717) is 25.7 Å². The molecule has 141 valence electrons. The Balaban J connectivity index is 2.43. The van der Waals surface area contributed by atoms with Crippen LogP contribution in [0.15, 0.2) is 0 Å². The number of rotatable bonds is 2. The summed E-state index contributed by atoms with van der Waals surface area (Å²) in [6, 6.07) is 0. The fourth-order valence-electron chi connectivity index (χ4n) is 3.96. The Morgan fingerprint density at radius 3 is 1.04 bits per heavy atom. The molecule has 2 fully saturated rings. The van der Waals surface area contributed by atoms with Crippen LogP contribution in [-0.2, 0) is 12.6 Å². The Kier molecular flexibility index (Phi) is 5.71. The summed E-state index contributed by atoms with van der Waals surface area (Å²) in [7, 11) is 0. The first kappa shape index (κ1) is 19.4. The van der Waals surface area contributed by atoms with Gasteiger partial charge >= 0.3 is 136 Å². The summed E-state index contributed by atoms with van der Waals surface area (Å²) < 4.78 is 83.8. The van der Waals surface area contributed by atoms with Crippen molar-refractivity contribution in [2.24, 2.45) is 11.8 Å². The van der Waals surface area contributed by atoms with Gasteiger partial charge < -0.3 is 0 Å². The van der Waals surface area contributed by atoms with Gasteiger partial charge in [-0.1, -0.05) is 0 Å². The molecule has 23 heavy (non-hydrogen) atoms. The van der Waals surface area contributed by atoms with Crippen molar-refractivity contribution in [3.63, 3.8) is 0 Å². The molecule has 0 heterocycles. The summed E-state index contributed by atoms with van der Waals surface area (Å²) in [4.78, 5) is -2.43. The van der Waals surface area contributed by atoms with Crippen molar-refractivity contribution in [2.75, 3.05) is 0 Å². The van der Waals surface area contributed by atoms with E-state index >= 15 is 0 Å². The molecule has 0 saturated heterocycles. The maximum absolute atomic E-state index is 14.0. The van der Waals surface area contributed by atoms with E-state index in [4.69, 9.17) is 0 Å². The van der Waals surface area contributed by atoms with Crippen LogP contribution in [0, 0.1) is 11.8 Å². The first-order valence-electron chi connectivity index (χ1n) is 8.27. The van der Waals surface area contributed by atoms with E-state index in [0.717, 1.165) is 0 Å². The van der Waals surface area contributed by atoms with Gasteiger partial charge in [0.25, 0.3) is 0 Å². The third kappa shape index (κ3) is 3.55. The molecule has 2 rings (SSSR count). The molecular weight excluding hydrogens is 365 g/mol. The third-order valence-electron chi connectivity index (χ3n) is 5.32. The van der Waals surface area contributed by atoms with Crippen molar-refractivity contribution >= 4 is 0 Å². The first-order chi connectivity index (χ1) is 10.5. The average molecular weight is 391 g/mol. The molecule has 0 amide bonds. The molecule has 0 aromatic heterocycles. The fraction of sp³-hybridized carbons (Fsp3) is 1.00. The van der Waals surface area contributed by atoms with Crippen LogP contribution in [0.3, 0.4) is 0 Å². The van der Waals surface area contributed by atoms with Crippen molar-refractivity contribution in [3.05, 3.63) is 0 Å². The Morgan fingerprint density at radius 1 is 0.565 bits per heavy atom. The molecule has 0 nitrogen and oxygen atoms in total. The van der Waals surface area contributed by atoms with Crippen LogP contribution in [0.1, 0.15) is 65.2 Å². The van der Waals surface area contributed by atoms with Crippen LogP contribution >= 0.6 is 0 Å². The topological polar surface area (TPSA) is 0 Å². The normalized spacial score (nSPS) is 35.1. The number of alkyl halides is 6. The molecular formula is C16H26CoF6. The van der Waals surface area contributed by atoms with Crippen LogP contribution in [0.5, 0.6) is 0 Å². The van der Waals surface area contributed by atoms with Crippen molar-refractivity contribution in [3.8, 4) is 0 Å². The molecule has 0 unspecified atom stereocenters. The molecule has 0 spiro atoms. The second kappa shape index (κ2) is 6.77. The van der Waals surface area contributed by atoms with Crippen LogP contribution in [0.4, 0.5) is 26.3 Å². The summed E-state index contributed by atoms with van der Waals surface area (Å²) in [5, 5.41) is -10.3. The second-order valence-electron chi connectivity index (χ2n) is 7.03. The van der Waals surface area contributed by atoms with Gasteiger partial charge in [0.1, 0.15) is 0 Å². The molecule has 0 aromatic rings. The van der Waals surface area contributed by atoms with Crippen molar-refractivity contribution in [2.45, 2.75) is 85.1 Å². The molecule has 2 aliphatic rings. The zero-order valence-electron chi connectivity index (χ0n) is 13.6. The van der Waals surface area contributed by atoms with Crippen LogP contribution in [0.25, 0.3) is 0 Å². The zero-order valence-corrected chi connectivity index (χ0v) is 14.6. The molecule has 2 aliphatic carbocycles. The number of hydrogen-bond donors (Lipinski definition) is 0. The van der Waals surface area contributed by atoms with Gasteiger partial charge in [0.2, 0.25) is 0 Å². The number of halogens is 6. The minimum atomic E-state index is -5.13. The van der Waals surface area contributed by atoms with Gasteiger partial charge in [0.05, 0.1) is 0 Å². The first-order valence-corrected chi connectivity index (χ1v) is 10.5. The van der Waals surface area contributed by atoms with E-state index in [9.17, 15) is 26.3 Å². The molecule has 0 aromatic carbocycles. The molecule has 2 saturated carbocycles. The summed E-state index contributed by atoms with van der Waals surface area (Å²) >= 11 is -5.04.